The van der Waals surface area contributed by atoms with E-state index in [9.17, 15) is 0 Å². The van der Waals surface area contributed by atoms with Crippen LogP contribution in [0.4, 0.5) is 11.4 Å². The molecule has 0 saturated heterocycles. The van der Waals surface area contributed by atoms with Crippen molar-refractivity contribution >= 4 is 35.7 Å². The average Bonchev–Trinajstić information content (AvgIpc) is 3.98. The van der Waals surface area contributed by atoms with Crippen molar-refractivity contribution in [1.82, 2.24) is 9.97 Å². The second kappa shape index (κ2) is 17.7. The molecule has 62 heavy (non-hydrogen) atoms. The Balaban J connectivity index is 0.972. The normalized spacial score (nSPS) is 11.4. The summed E-state index contributed by atoms with van der Waals surface area (Å²) in [7, 11) is 8.17. The lowest BCUT2D eigenvalue weighted by atomic mass is 10.0. The number of aromatic nitrogens is 2. The number of anilines is 2. The van der Waals surface area contributed by atoms with Gasteiger partial charge in [-0.25, -0.2) is 9.97 Å². The summed E-state index contributed by atoms with van der Waals surface area (Å²) in [5.41, 5.74) is 13.8. The van der Waals surface area contributed by atoms with E-state index >= 15 is 0 Å². The van der Waals surface area contributed by atoms with E-state index in [-0.39, 0.29) is 0 Å². The van der Waals surface area contributed by atoms with E-state index in [1.807, 2.05) is 88.9 Å². The Kier molecular flexibility index (Phi) is 11.3. The minimum absolute atomic E-state index is 0.575. The van der Waals surface area contributed by atoms with Gasteiger partial charge in [0.1, 0.15) is 11.4 Å². The van der Waals surface area contributed by atoms with E-state index < -0.39 is 0 Å². The van der Waals surface area contributed by atoms with E-state index in [4.69, 9.17) is 18.8 Å². The SMILES string of the molecule is CN(C)c1ccc(-c2nc(-c3ccccc3/C=C/c3ccc(/C=C/c4ccccc4-c4nc(-c5cccc(N(C)C)c5)c(-c5ccccc5)o4)cc3)oc2-c2ccccc2)cc1. The molecule has 6 heteroatoms. The molecule has 2 aromatic heterocycles. The maximum absolute atomic E-state index is 6.63. The van der Waals surface area contributed by atoms with E-state index in [0.717, 1.165) is 89.9 Å². The summed E-state index contributed by atoms with van der Waals surface area (Å²) in [6.07, 6.45) is 8.50. The molecule has 0 amide bonds. The summed E-state index contributed by atoms with van der Waals surface area (Å²) >= 11 is 0. The zero-order valence-electron chi connectivity index (χ0n) is 35.2. The first-order valence-electron chi connectivity index (χ1n) is 20.7. The molecule has 0 unspecified atom stereocenters. The lowest BCUT2D eigenvalue weighted by molar-refractivity contribution is 0.588. The topological polar surface area (TPSA) is 58.5 Å². The Bertz CT molecular complexity index is 2990. The quantitative estimate of drug-likeness (QED) is 0.115. The van der Waals surface area contributed by atoms with Crippen LogP contribution in [-0.2, 0) is 0 Å². The molecule has 0 bridgehead atoms. The smallest absolute Gasteiger partial charge is 0.227 e. The van der Waals surface area contributed by atoms with Gasteiger partial charge in [0.2, 0.25) is 11.8 Å². The number of hydrogen-bond acceptors (Lipinski definition) is 6. The molecule has 0 saturated carbocycles. The molecule has 9 rings (SSSR count). The maximum atomic E-state index is 6.63. The van der Waals surface area contributed by atoms with Gasteiger partial charge >= 0.3 is 0 Å². The first kappa shape index (κ1) is 39.5. The number of rotatable bonds is 12. The fourth-order valence-electron chi connectivity index (χ4n) is 7.45. The molecule has 0 atom stereocenters. The van der Waals surface area contributed by atoms with Crippen LogP contribution >= 0.6 is 0 Å². The Hall–Kier alpha value is -7.96. The molecular formula is C56H46N4O2. The Morgan fingerprint density at radius 3 is 1.29 bits per heavy atom. The standard InChI is InChI=1S/C56H46N4O2/c1-59(2)47-36-34-43(35-37-47)51-53(44-18-7-5-8-19-44)61-55(57-51)49-24-13-11-16-41(49)32-30-39-26-28-40(29-27-39)31-33-42-17-12-14-25-50(42)56-58-52(46-22-15-23-48(38-46)60(3)4)54(62-56)45-20-9-6-10-21-45/h5-38H,1-4H3/b32-30+,33-31+. The number of nitrogens with zero attached hydrogens (tertiary/aromatic N) is 4. The molecule has 0 fully saturated rings. The largest absolute Gasteiger partial charge is 0.435 e. The summed E-state index contributed by atoms with van der Waals surface area (Å²) < 4.78 is 13.2. The number of benzene rings is 7. The van der Waals surface area contributed by atoms with Crippen LogP contribution in [0.25, 0.3) is 92.4 Å². The molecule has 9 aromatic rings. The predicted octanol–water partition coefficient (Wildman–Crippen LogP) is 14.1. The maximum Gasteiger partial charge on any atom is 0.227 e. The summed E-state index contributed by atoms with van der Waals surface area (Å²) in [5.74, 6) is 2.64. The van der Waals surface area contributed by atoms with Gasteiger partial charge in [-0.05, 0) is 58.7 Å². The fraction of sp³-hybridized carbons (Fsp3) is 0.0714. The third-order valence-electron chi connectivity index (χ3n) is 10.8. The Morgan fingerprint density at radius 2 is 0.806 bits per heavy atom. The highest BCUT2D eigenvalue weighted by molar-refractivity contribution is 5.85. The van der Waals surface area contributed by atoms with Gasteiger partial charge in [0.05, 0.1) is 0 Å². The van der Waals surface area contributed by atoms with Gasteiger partial charge in [0.15, 0.2) is 11.5 Å². The van der Waals surface area contributed by atoms with Crippen molar-refractivity contribution in [3.05, 3.63) is 204 Å². The minimum Gasteiger partial charge on any atom is -0.435 e. The highest BCUT2D eigenvalue weighted by Gasteiger charge is 2.21. The van der Waals surface area contributed by atoms with Crippen molar-refractivity contribution in [3.63, 3.8) is 0 Å². The third kappa shape index (κ3) is 8.53. The van der Waals surface area contributed by atoms with Crippen LogP contribution in [0.5, 0.6) is 0 Å². The Labute approximate surface area is 363 Å². The first-order valence-corrected chi connectivity index (χ1v) is 20.7. The van der Waals surface area contributed by atoms with Gasteiger partial charge in [0, 0.05) is 72.9 Å². The zero-order chi connectivity index (χ0) is 42.4. The van der Waals surface area contributed by atoms with Crippen LogP contribution in [0.1, 0.15) is 22.3 Å². The lowest BCUT2D eigenvalue weighted by Gasteiger charge is -2.13. The van der Waals surface area contributed by atoms with E-state index in [1.54, 1.807) is 0 Å². The molecule has 0 N–H and O–H groups in total. The van der Waals surface area contributed by atoms with Crippen molar-refractivity contribution in [1.29, 1.82) is 0 Å². The summed E-state index contributed by atoms with van der Waals surface area (Å²) in [6.45, 7) is 0. The molecule has 0 aliphatic rings. The molecule has 2 heterocycles. The monoisotopic (exact) mass is 806 g/mol. The molecule has 0 radical (unpaired) electrons. The van der Waals surface area contributed by atoms with Crippen LogP contribution in [-0.4, -0.2) is 38.2 Å². The van der Waals surface area contributed by atoms with Gasteiger partial charge in [0.25, 0.3) is 0 Å². The average molecular weight is 807 g/mol. The van der Waals surface area contributed by atoms with Crippen LogP contribution in [0.3, 0.4) is 0 Å². The minimum atomic E-state index is 0.575. The highest BCUT2D eigenvalue weighted by Crippen LogP contribution is 2.40. The molecule has 302 valence electrons. The van der Waals surface area contributed by atoms with Gasteiger partial charge in [-0.3, -0.25) is 0 Å². The molecule has 7 aromatic carbocycles. The van der Waals surface area contributed by atoms with Crippen molar-refractivity contribution < 1.29 is 8.83 Å². The number of hydrogen-bond donors (Lipinski definition) is 0. The second-order valence-electron chi connectivity index (χ2n) is 15.5. The summed E-state index contributed by atoms with van der Waals surface area (Å²) in [4.78, 5) is 14.4. The van der Waals surface area contributed by atoms with Gasteiger partial charge in [-0.2, -0.15) is 0 Å². The van der Waals surface area contributed by atoms with Crippen molar-refractivity contribution in [3.8, 4) is 68.1 Å². The third-order valence-corrected chi connectivity index (χ3v) is 10.8. The second-order valence-corrected chi connectivity index (χ2v) is 15.5. The molecule has 0 spiro atoms. The van der Waals surface area contributed by atoms with Crippen LogP contribution in [0, 0.1) is 0 Å². The van der Waals surface area contributed by atoms with Crippen LogP contribution < -0.4 is 9.80 Å². The van der Waals surface area contributed by atoms with E-state index in [0.29, 0.717) is 11.8 Å². The number of oxazole rings is 2. The van der Waals surface area contributed by atoms with Gasteiger partial charge in [-0.15, -0.1) is 0 Å². The van der Waals surface area contributed by atoms with Crippen molar-refractivity contribution in [2.45, 2.75) is 0 Å². The van der Waals surface area contributed by atoms with Crippen LogP contribution in [0.15, 0.2) is 191 Å². The van der Waals surface area contributed by atoms with Crippen LogP contribution in [0.2, 0.25) is 0 Å². The zero-order valence-corrected chi connectivity index (χ0v) is 35.2. The predicted molar refractivity (Wildman–Crippen MR) is 259 cm³/mol. The summed E-state index contributed by atoms with van der Waals surface area (Å²) in [5, 5.41) is 0. The van der Waals surface area contributed by atoms with Gasteiger partial charge in [-0.1, -0.05) is 170 Å². The van der Waals surface area contributed by atoms with E-state index in [1.165, 1.54) is 0 Å². The lowest BCUT2D eigenvalue weighted by Crippen LogP contribution is -2.08. The molecular weight excluding hydrogens is 761 g/mol. The highest BCUT2D eigenvalue weighted by atomic mass is 16.4. The fourth-order valence-corrected chi connectivity index (χ4v) is 7.45. The molecule has 0 aliphatic carbocycles. The summed E-state index contributed by atoms with van der Waals surface area (Å²) in [6, 6.07) is 62.2. The Morgan fingerprint density at radius 1 is 0.371 bits per heavy atom. The van der Waals surface area contributed by atoms with E-state index in [2.05, 4.69) is 155 Å². The molecule has 0 aliphatic heterocycles. The molecule has 6 nitrogen and oxygen atoms in total. The van der Waals surface area contributed by atoms with Crippen molar-refractivity contribution in [2.24, 2.45) is 0 Å². The van der Waals surface area contributed by atoms with Gasteiger partial charge < -0.3 is 18.6 Å². The van der Waals surface area contributed by atoms with Crippen molar-refractivity contribution in [2.75, 3.05) is 38.0 Å². The first-order chi connectivity index (χ1) is 30.4.